The van der Waals surface area contributed by atoms with E-state index in [9.17, 15) is 18.0 Å². The molecule has 0 aromatic heterocycles. The van der Waals surface area contributed by atoms with E-state index in [2.05, 4.69) is 5.32 Å². The number of methoxy groups -OCH3 is 2. The van der Waals surface area contributed by atoms with Gasteiger partial charge in [-0.05, 0) is 75.6 Å². The number of amides is 2. The molecule has 0 aliphatic rings. The number of carbonyl (C=O) groups excluding carboxylic acids is 2. The lowest BCUT2D eigenvalue weighted by molar-refractivity contribution is -0.142. The van der Waals surface area contributed by atoms with E-state index in [1.807, 2.05) is 52.0 Å². The van der Waals surface area contributed by atoms with Crippen molar-refractivity contribution in [1.82, 2.24) is 10.2 Å². The number of rotatable bonds is 13. The number of nitrogens with zero attached hydrogens (tertiary/aromatic N) is 2. The van der Waals surface area contributed by atoms with Crippen molar-refractivity contribution in [3.05, 3.63) is 54.1 Å². The summed E-state index contributed by atoms with van der Waals surface area (Å²) in [7, 11) is -0.451. The van der Waals surface area contributed by atoms with Gasteiger partial charge in [0.1, 0.15) is 17.5 Å². The number of nitrogens with one attached hydrogen (secondary N) is 1. The lowest BCUT2D eigenvalue weighted by Gasteiger charge is -2.33. The Bertz CT molecular complexity index is 1160. The molecule has 9 nitrogen and oxygen atoms in total. The summed E-state index contributed by atoms with van der Waals surface area (Å²) in [6.07, 6.45) is 1.94. The van der Waals surface area contributed by atoms with Gasteiger partial charge in [0.15, 0.2) is 0 Å². The Labute approximate surface area is 227 Å². The Hall–Kier alpha value is -3.27. The van der Waals surface area contributed by atoms with Crippen LogP contribution in [0.3, 0.4) is 0 Å². The van der Waals surface area contributed by atoms with Crippen molar-refractivity contribution in [2.45, 2.75) is 65.1 Å². The van der Waals surface area contributed by atoms with E-state index in [0.717, 1.165) is 11.8 Å². The van der Waals surface area contributed by atoms with E-state index < -0.39 is 21.6 Å². The lowest BCUT2D eigenvalue weighted by atomic mass is 10.0. The van der Waals surface area contributed by atoms with Crippen molar-refractivity contribution in [3.8, 4) is 11.5 Å². The Morgan fingerprint density at radius 3 is 1.92 bits per heavy atom. The van der Waals surface area contributed by atoms with Gasteiger partial charge in [-0.2, -0.15) is 0 Å². The van der Waals surface area contributed by atoms with Crippen LogP contribution < -0.4 is 19.1 Å². The lowest BCUT2D eigenvalue weighted by Crippen LogP contribution is -2.53. The average molecular weight is 548 g/mol. The van der Waals surface area contributed by atoms with E-state index >= 15 is 0 Å². The number of sulfonamides is 1. The second-order valence-electron chi connectivity index (χ2n) is 10.2. The first-order valence-corrected chi connectivity index (χ1v) is 14.5. The largest absolute Gasteiger partial charge is 0.497 e. The predicted octanol–water partition coefficient (Wildman–Crippen LogP) is 3.97. The molecule has 0 saturated carbocycles. The maximum Gasteiger partial charge on any atom is 0.243 e. The molecule has 0 heterocycles. The third-order valence-corrected chi connectivity index (χ3v) is 7.10. The van der Waals surface area contributed by atoms with Gasteiger partial charge < -0.3 is 19.7 Å². The molecule has 2 rings (SSSR count). The molecule has 0 aliphatic heterocycles. The van der Waals surface area contributed by atoms with Crippen LogP contribution in [0, 0.1) is 0 Å². The molecule has 0 fully saturated rings. The molecule has 0 spiro atoms. The normalized spacial score (nSPS) is 12.4. The third-order valence-electron chi connectivity index (χ3n) is 5.91. The molecule has 1 atom stereocenters. The summed E-state index contributed by atoms with van der Waals surface area (Å²) >= 11 is 0. The molecule has 2 amide bonds. The van der Waals surface area contributed by atoms with Crippen LogP contribution in [0.1, 0.15) is 52.5 Å². The van der Waals surface area contributed by atoms with Gasteiger partial charge in [-0.3, -0.25) is 13.9 Å². The summed E-state index contributed by atoms with van der Waals surface area (Å²) in [5.41, 5.74) is 0.900. The van der Waals surface area contributed by atoms with Gasteiger partial charge in [0, 0.05) is 25.0 Å². The van der Waals surface area contributed by atoms with E-state index in [0.29, 0.717) is 23.6 Å². The molecule has 0 aliphatic carbocycles. The Kier molecular flexibility index (Phi) is 11.0. The van der Waals surface area contributed by atoms with Gasteiger partial charge >= 0.3 is 0 Å². The number of hydrogen-bond acceptors (Lipinski definition) is 6. The molecule has 0 bridgehead atoms. The highest BCUT2D eigenvalue weighted by molar-refractivity contribution is 7.92. The molecule has 210 valence electrons. The summed E-state index contributed by atoms with van der Waals surface area (Å²) in [6, 6.07) is 13.4. The van der Waals surface area contributed by atoms with Crippen LogP contribution in [-0.2, 0) is 26.2 Å². The van der Waals surface area contributed by atoms with Crippen molar-refractivity contribution in [2.75, 3.05) is 31.3 Å². The molecule has 1 N–H and O–H groups in total. The second kappa shape index (κ2) is 13.5. The van der Waals surface area contributed by atoms with Gasteiger partial charge in [-0.15, -0.1) is 0 Å². The second-order valence-corrected chi connectivity index (χ2v) is 12.1. The van der Waals surface area contributed by atoms with Crippen molar-refractivity contribution in [1.29, 1.82) is 0 Å². The summed E-state index contributed by atoms with van der Waals surface area (Å²) in [4.78, 5) is 28.3. The molecular weight excluding hydrogens is 506 g/mol. The molecule has 38 heavy (non-hydrogen) atoms. The SMILES string of the molecule is CC[C@H](C(=O)NC(C)(C)C)N(Cc1ccc(OC)cc1)C(=O)CCCN(c1ccc(OC)cc1)S(C)(=O)=O. The zero-order valence-corrected chi connectivity index (χ0v) is 24.3. The Morgan fingerprint density at radius 1 is 0.947 bits per heavy atom. The fourth-order valence-corrected chi connectivity index (χ4v) is 5.02. The number of ether oxygens (including phenoxy) is 2. The van der Waals surface area contributed by atoms with Gasteiger partial charge in [0.05, 0.1) is 26.2 Å². The predicted molar refractivity (Wildman–Crippen MR) is 150 cm³/mol. The van der Waals surface area contributed by atoms with Crippen LogP contribution in [0.2, 0.25) is 0 Å². The molecular formula is C28H41N3O6S. The standard InChI is InChI=1S/C28H41N3O6S/c1-8-25(27(33)29-28(2,3)4)30(20-21-11-15-23(36-5)16-12-21)26(32)10-9-19-31(38(7,34)35)22-13-17-24(37-6)18-14-22/h11-18,25H,8-10,19-20H2,1-7H3,(H,29,33)/t25-/m1/s1. The first-order chi connectivity index (χ1) is 17.8. The van der Waals surface area contributed by atoms with Crippen molar-refractivity contribution < 1.29 is 27.5 Å². The van der Waals surface area contributed by atoms with Crippen LogP contribution in [0.4, 0.5) is 5.69 Å². The van der Waals surface area contributed by atoms with Gasteiger partial charge in [0.2, 0.25) is 21.8 Å². The van der Waals surface area contributed by atoms with Crippen LogP contribution >= 0.6 is 0 Å². The van der Waals surface area contributed by atoms with Crippen LogP contribution in [-0.4, -0.2) is 63.7 Å². The molecule has 0 unspecified atom stereocenters. The monoisotopic (exact) mass is 547 g/mol. The highest BCUT2D eigenvalue weighted by atomic mass is 32.2. The highest BCUT2D eigenvalue weighted by Crippen LogP contribution is 2.23. The van der Waals surface area contributed by atoms with Crippen LogP contribution in [0.15, 0.2) is 48.5 Å². The van der Waals surface area contributed by atoms with Crippen molar-refractivity contribution in [3.63, 3.8) is 0 Å². The van der Waals surface area contributed by atoms with E-state index in [4.69, 9.17) is 9.47 Å². The molecule has 0 radical (unpaired) electrons. The number of hydrogen-bond donors (Lipinski definition) is 1. The van der Waals surface area contributed by atoms with Gasteiger partial charge in [-0.1, -0.05) is 19.1 Å². The van der Waals surface area contributed by atoms with Crippen molar-refractivity contribution in [2.24, 2.45) is 0 Å². The van der Waals surface area contributed by atoms with E-state index in [1.165, 1.54) is 11.4 Å². The maximum absolute atomic E-state index is 13.5. The molecule has 0 saturated heterocycles. The maximum atomic E-state index is 13.5. The topological polar surface area (TPSA) is 105 Å². The molecule has 2 aromatic rings. The first kappa shape index (κ1) is 31.0. The van der Waals surface area contributed by atoms with E-state index in [1.54, 1.807) is 36.3 Å². The first-order valence-electron chi connectivity index (χ1n) is 12.6. The Morgan fingerprint density at radius 2 is 1.47 bits per heavy atom. The quantitative estimate of drug-likeness (QED) is 0.407. The zero-order valence-electron chi connectivity index (χ0n) is 23.5. The fraction of sp³-hybridized carbons (Fsp3) is 0.500. The minimum Gasteiger partial charge on any atom is -0.497 e. The molecule has 2 aromatic carbocycles. The zero-order chi connectivity index (χ0) is 28.5. The summed E-state index contributed by atoms with van der Waals surface area (Å²) in [5, 5.41) is 2.98. The minimum atomic E-state index is -3.57. The average Bonchev–Trinajstić information content (AvgIpc) is 2.85. The smallest absolute Gasteiger partial charge is 0.243 e. The highest BCUT2D eigenvalue weighted by Gasteiger charge is 2.30. The summed E-state index contributed by atoms with van der Waals surface area (Å²) < 4.78 is 36.7. The number of benzene rings is 2. The summed E-state index contributed by atoms with van der Waals surface area (Å²) in [6.45, 7) is 7.92. The summed E-state index contributed by atoms with van der Waals surface area (Å²) in [5.74, 6) is 0.868. The Balaban J connectivity index is 2.23. The van der Waals surface area contributed by atoms with Gasteiger partial charge in [0.25, 0.3) is 0 Å². The van der Waals surface area contributed by atoms with Crippen LogP contribution in [0.25, 0.3) is 0 Å². The number of carbonyl (C=O) groups is 2. The number of anilines is 1. The van der Waals surface area contributed by atoms with E-state index in [-0.39, 0.29) is 37.7 Å². The van der Waals surface area contributed by atoms with Crippen molar-refractivity contribution >= 4 is 27.5 Å². The van der Waals surface area contributed by atoms with Crippen LogP contribution in [0.5, 0.6) is 11.5 Å². The minimum absolute atomic E-state index is 0.0810. The fourth-order valence-electron chi connectivity index (χ4n) is 4.05. The van der Waals surface area contributed by atoms with Gasteiger partial charge in [-0.25, -0.2) is 8.42 Å². The molecule has 10 heteroatoms. The third kappa shape index (κ3) is 9.24.